The molecule has 152 valence electrons. The third kappa shape index (κ3) is 3.46. The van der Waals surface area contributed by atoms with Crippen LogP contribution in [0.3, 0.4) is 0 Å². The van der Waals surface area contributed by atoms with E-state index >= 15 is 0 Å². The number of allylic oxidation sites excluding steroid dienone is 1. The predicted molar refractivity (Wildman–Crippen MR) is 97.6 cm³/mol. The number of nitrogens with zero attached hydrogens (tertiary/aromatic N) is 1. The maximum Gasteiger partial charge on any atom is 0.242 e. The molecule has 1 saturated heterocycles. The van der Waals surface area contributed by atoms with Crippen LogP contribution in [0.25, 0.3) is 0 Å². The quantitative estimate of drug-likeness (QED) is 0.556. The molecule has 3 aliphatic rings. The van der Waals surface area contributed by atoms with E-state index in [0.29, 0.717) is 31.6 Å². The van der Waals surface area contributed by atoms with Gasteiger partial charge in [0.2, 0.25) is 5.91 Å². The van der Waals surface area contributed by atoms with Crippen LogP contribution in [-0.2, 0) is 23.8 Å². The van der Waals surface area contributed by atoms with Gasteiger partial charge in [-0.3, -0.25) is 14.5 Å². The lowest BCUT2D eigenvalue weighted by Crippen LogP contribution is -2.55. The molecule has 5 atom stereocenters. The number of aliphatic hydroxyl groups excluding tert-OH is 1. The smallest absolute Gasteiger partial charge is 0.242 e. The monoisotopic (exact) mass is 381 g/mol. The van der Waals surface area contributed by atoms with E-state index in [2.05, 4.69) is 0 Å². The van der Waals surface area contributed by atoms with Crippen molar-refractivity contribution in [1.29, 1.82) is 0 Å². The lowest BCUT2D eigenvalue weighted by atomic mass is 9.75. The Kier molecular flexibility index (Phi) is 6.05. The van der Waals surface area contributed by atoms with Gasteiger partial charge in [0.25, 0.3) is 0 Å². The first-order valence-corrected chi connectivity index (χ1v) is 9.83. The number of methoxy groups -OCH3 is 1. The third-order valence-electron chi connectivity index (χ3n) is 6.19. The normalized spacial score (nSPS) is 34.4. The first-order valence-electron chi connectivity index (χ1n) is 9.83. The molecule has 3 rings (SSSR count). The van der Waals surface area contributed by atoms with Gasteiger partial charge in [-0.25, -0.2) is 0 Å². The van der Waals surface area contributed by atoms with Crippen LogP contribution in [0.15, 0.2) is 11.8 Å². The van der Waals surface area contributed by atoms with Gasteiger partial charge in [-0.05, 0) is 26.7 Å². The number of hydrogen-bond acceptors (Lipinski definition) is 6. The van der Waals surface area contributed by atoms with Crippen molar-refractivity contribution < 1.29 is 28.9 Å². The molecule has 2 aliphatic heterocycles. The molecule has 0 radical (unpaired) electrons. The number of carbonyl (C=O) groups is 2. The fourth-order valence-corrected chi connectivity index (χ4v) is 4.74. The SMILES string of the molecule is COCCOC1C(C)C(C(C)O)OC1N1C=C(C)C(=O)C2(CCCC2)C1=O. The summed E-state index contributed by atoms with van der Waals surface area (Å²) >= 11 is 0. The highest BCUT2D eigenvalue weighted by Crippen LogP contribution is 2.46. The molecule has 0 aromatic heterocycles. The molecule has 5 unspecified atom stereocenters. The number of carbonyl (C=O) groups excluding carboxylic acids is 2. The van der Waals surface area contributed by atoms with Crippen molar-refractivity contribution in [3.8, 4) is 0 Å². The fourth-order valence-electron chi connectivity index (χ4n) is 4.74. The molecular formula is C20H31NO6. The summed E-state index contributed by atoms with van der Waals surface area (Å²) in [5.41, 5.74) is -0.380. The first-order chi connectivity index (χ1) is 12.8. The molecule has 0 aromatic carbocycles. The van der Waals surface area contributed by atoms with Crippen molar-refractivity contribution in [3.63, 3.8) is 0 Å². The molecule has 0 bridgehead atoms. The molecule has 7 nitrogen and oxygen atoms in total. The van der Waals surface area contributed by atoms with E-state index in [0.717, 1.165) is 12.8 Å². The average molecular weight is 381 g/mol. The molecule has 0 aromatic rings. The van der Waals surface area contributed by atoms with E-state index < -0.39 is 30.0 Å². The van der Waals surface area contributed by atoms with E-state index in [-0.39, 0.29) is 17.6 Å². The number of amides is 1. The Bertz CT molecular complexity index is 610. The Balaban J connectivity index is 1.91. The number of aliphatic hydroxyl groups is 1. The number of ketones is 1. The van der Waals surface area contributed by atoms with Gasteiger partial charge >= 0.3 is 0 Å². The Morgan fingerprint density at radius 2 is 2.00 bits per heavy atom. The number of Topliss-reactive ketones (excluding diaryl/α,β-unsaturated/α-hetero) is 1. The maximum absolute atomic E-state index is 13.4. The van der Waals surface area contributed by atoms with Crippen molar-refractivity contribution in [1.82, 2.24) is 4.90 Å². The number of ether oxygens (including phenoxy) is 3. The second kappa shape index (κ2) is 7.99. The highest BCUT2D eigenvalue weighted by atomic mass is 16.6. The maximum atomic E-state index is 13.4. The van der Waals surface area contributed by atoms with Crippen LogP contribution in [0.4, 0.5) is 0 Å². The summed E-state index contributed by atoms with van der Waals surface area (Å²) in [6.07, 6.45) is 2.33. The first kappa shape index (κ1) is 20.5. The molecule has 1 spiro atoms. The fraction of sp³-hybridized carbons (Fsp3) is 0.800. The molecule has 1 aliphatic carbocycles. The predicted octanol–water partition coefficient (Wildman–Crippen LogP) is 1.64. The van der Waals surface area contributed by atoms with Gasteiger partial charge in [0.15, 0.2) is 12.0 Å². The Morgan fingerprint density at radius 3 is 2.59 bits per heavy atom. The van der Waals surface area contributed by atoms with E-state index in [1.54, 1.807) is 32.1 Å². The van der Waals surface area contributed by atoms with Gasteiger partial charge in [0.05, 0.1) is 25.4 Å². The van der Waals surface area contributed by atoms with Gasteiger partial charge in [-0.2, -0.15) is 0 Å². The topological polar surface area (TPSA) is 85.3 Å². The van der Waals surface area contributed by atoms with E-state index in [4.69, 9.17) is 14.2 Å². The van der Waals surface area contributed by atoms with E-state index in [9.17, 15) is 14.7 Å². The standard InChI is InChI=1S/C20H31NO6/c1-12-11-21(19(24)20(17(12)23)7-5-6-8-20)18-16(26-10-9-25-4)13(2)15(27-18)14(3)22/h11,13-16,18,22H,5-10H2,1-4H3. The van der Waals surface area contributed by atoms with Gasteiger partial charge in [-0.1, -0.05) is 19.8 Å². The highest BCUT2D eigenvalue weighted by Gasteiger charge is 2.56. The van der Waals surface area contributed by atoms with Gasteiger partial charge < -0.3 is 19.3 Å². The lowest BCUT2D eigenvalue weighted by Gasteiger charge is -2.40. The molecule has 1 saturated carbocycles. The molecule has 7 heteroatoms. The van der Waals surface area contributed by atoms with Crippen LogP contribution in [0.1, 0.15) is 46.5 Å². The summed E-state index contributed by atoms with van der Waals surface area (Å²) in [5, 5.41) is 10.1. The second-order valence-electron chi connectivity index (χ2n) is 8.06. The second-order valence-corrected chi connectivity index (χ2v) is 8.06. The zero-order valence-corrected chi connectivity index (χ0v) is 16.6. The average Bonchev–Trinajstić information content (AvgIpc) is 3.24. The van der Waals surface area contributed by atoms with Gasteiger partial charge in [0.1, 0.15) is 11.5 Å². The van der Waals surface area contributed by atoms with E-state index in [1.165, 1.54) is 0 Å². The van der Waals surface area contributed by atoms with Crippen molar-refractivity contribution >= 4 is 11.7 Å². The largest absolute Gasteiger partial charge is 0.391 e. The van der Waals surface area contributed by atoms with Crippen LogP contribution < -0.4 is 0 Å². The zero-order valence-electron chi connectivity index (χ0n) is 16.6. The van der Waals surface area contributed by atoms with Gasteiger partial charge in [-0.15, -0.1) is 0 Å². The summed E-state index contributed by atoms with van der Waals surface area (Å²) in [6.45, 7) is 6.19. The summed E-state index contributed by atoms with van der Waals surface area (Å²) in [7, 11) is 1.60. The van der Waals surface area contributed by atoms with Crippen LogP contribution in [0.2, 0.25) is 0 Å². The van der Waals surface area contributed by atoms with Crippen LogP contribution >= 0.6 is 0 Å². The summed E-state index contributed by atoms with van der Waals surface area (Å²) in [6, 6.07) is 0. The summed E-state index contributed by atoms with van der Waals surface area (Å²) in [5.74, 6) is -0.360. The lowest BCUT2D eigenvalue weighted by molar-refractivity contribution is -0.165. The third-order valence-corrected chi connectivity index (χ3v) is 6.19. The van der Waals surface area contributed by atoms with Crippen molar-refractivity contribution in [2.75, 3.05) is 20.3 Å². The molecule has 2 heterocycles. The van der Waals surface area contributed by atoms with E-state index in [1.807, 2.05) is 6.92 Å². The Morgan fingerprint density at radius 1 is 1.33 bits per heavy atom. The van der Waals surface area contributed by atoms with Crippen molar-refractivity contribution in [2.24, 2.45) is 11.3 Å². The number of rotatable bonds is 6. The molecular weight excluding hydrogens is 350 g/mol. The zero-order chi connectivity index (χ0) is 19.8. The van der Waals surface area contributed by atoms with Crippen LogP contribution in [0.5, 0.6) is 0 Å². The minimum Gasteiger partial charge on any atom is -0.391 e. The molecule has 2 fully saturated rings. The van der Waals surface area contributed by atoms with Crippen LogP contribution in [0, 0.1) is 11.3 Å². The minimum atomic E-state index is -0.953. The molecule has 27 heavy (non-hydrogen) atoms. The molecule has 1 N–H and O–H groups in total. The minimum absolute atomic E-state index is 0.0591. The summed E-state index contributed by atoms with van der Waals surface area (Å²) < 4.78 is 17.2. The van der Waals surface area contributed by atoms with Crippen LogP contribution in [-0.4, -0.2) is 66.6 Å². The van der Waals surface area contributed by atoms with Crippen molar-refractivity contribution in [2.45, 2.75) is 71.0 Å². The highest BCUT2D eigenvalue weighted by molar-refractivity contribution is 6.16. The Hall–Kier alpha value is -1.28. The number of hydrogen-bond donors (Lipinski definition) is 1. The molecule has 1 amide bonds. The summed E-state index contributed by atoms with van der Waals surface area (Å²) in [4.78, 5) is 27.7. The van der Waals surface area contributed by atoms with Gasteiger partial charge in [0, 0.05) is 24.8 Å². The van der Waals surface area contributed by atoms with Crippen molar-refractivity contribution in [3.05, 3.63) is 11.8 Å². The Labute approximate surface area is 160 Å².